The fourth-order valence-corrected chi connectivity index (χ4v) is 3.36. The van der Waals surface area contributed by atoms with Gasteiger partial charge in [0.2, 0.25) is 0 Å². The molecule has 1 fully saturated rings. The van der Waals surface area contributed by atoms with E-state index in [1.54, 1.807) is 0 Å². The Morgan fingerprint density at radius 2 is 1.95 bits per heavy atom. The minimum absolute atomic E-state index is 0.783. The maximum Gasteiger partial charge on any atom is 0.0312 e. The van der Waals surface area contributed by atoms with Gasteiger partial charge in [-0.1, -0.05) is 36.4 Å². The summed E-state index contributed by atoms with van der Waals surface area (Å²) in [5.74, 6) is 0.783. The summed E-state index contributed by atoms with van der Waals surface area (Å²) in [5.41, 5.74) is 2.72. The Kier molecular flexibility index (Phi) is 5.20. The molecule has 22 heavy (non-hydrogen) atoms. The molecule has 0 spiro atoms. The van der Waals surface area contributed by atoms with Crippen LogP contribution in [0.5, 0.6) is 0 Å². The van der Waals surface area contributed by atoms with Gasteiger partial charge in [-0.05, 0) is 43.1 Å². The molecule has 2 aromatic rings. The van der Waals surface area contributed by atoms with Gasteiger partial charge in [-0.15, -0.1) is 0 Å². The van der Waals surface area contributed by atoms with Gasteiger partial charge in [0.15, 0.2) is 0 Å². The second-order valence-corrected chi connectivity index (χ2v) is 6.43. The predicted molar refractivity (Wildman–Crippen MR) is 90.4 cm³/mol. The van der Waals surface area contributed by atoms with Crippen molar-refractivity contribution in [3.05, 3.63) is 66.0 Å². The van der Waals surface area contributed by atoms with Crippen LogP contribution in [0.4, 0.5) is 0 Å². The lowest BCUT2D eigenvalue weighted by atomic mass is 10.1. The topological polar surface area (TPSA) is 19.4 Å². The van der Waals surface area contributed by atoms with Crippen molar-refractivity contribution in [2.45, 2.75) is 19.5 Å². The average Bonchev–Trinajstić information content (AvgIpc) is 2.96. The minimum atomic E-state index is 0.783. The zero-order valence-electron chi connectivity index (χ0n) is 13.4. The number of pyridine rings is 1. The molecule has 0 bridgehead atoms. The number of rotatable bonds is 6. The van der Waals surface area contributed by atoms with Gasteiger partial charge >= 0.3 is 0 Å². The van der Waals surface area contributed by atoms with Crippen LogP contribution in [0.15, 0.2) is 54.9 Å². The summed E-state index contributed by atoms with van der Waals surface area (Å²) >= 11 is 0. The maximum absolute atomic E-state index is 4.19. The second-order valence-electron chi connectivity index (χ2n) is 6.43. The van der Waals surface area contributed by atoms with Gasteiger partial charge in [-0.25, -0.2) is 0 Å². The summed E-state index contributed by atoms with van der Waals surface area (Å²) in [6.45, 7) is 5.68. The number of nitrogens with zero attached hydrogens (tertiary/aromatic N) is 3. The van der Waals surface area contributed by atoms with E-state index in [0.717, 1.165) is 19.0 Å². The van der Waals surface area contributed by atoms with E-state index in [0.29, 0.717) is 0 Å². The van der Waals surface area contributed by atoms with Crippen LogP contribution in [-0.4, -0.2) is 41.5 Å². The van der Waals surface area contributed by atoms with Crippen molar-refractivity contribution < 1.29 is 0 Å². The van der Waals surface area contributed by atoms with Crippen molar-refractivity contribution >= 4 is 0 Å². The largest absolute Gasteiger partial charge is 0.302 e. The lowest BCUT2D eigenvalue weighted by molar-refractivity contribution is 0.254. The maximum atomic E-state index is 4.19. The van der Waals surface area contributed by atoms with Crippen LogP contribution < -0.4 is 0 Å². The molecule has 0 N–H and O–H groups in total. The van der Waals surface area contributed by atoms with E-state index >= 15 is 0 Å². The molecule has 0 unspecified atom stereocenters. The highest BCUT2D eigenvalue weighted by atomic mass is 15.2. The number of benzene rings is 1. The molecule has 0 radical (unpaired) electrons. The predicted octanol–water partition coefficient (Wildman–Crippen LogP) is 3.04. The molecule has 0 aliphatic carbocycles. The zero-order chi connectivity index (χ0) is 15.2. The Bertz CT molecular complexity index is 555. The fraction of sp³-hybridized carbons (Fsp3) is 0.421. The van der Waals surface area contributed by atoms with Gasteiger partial charge in [0, 0.05) is 38.6 Å². The SMILES string of the molecule is CN(Cc1cccnc1)C[C@H]1CCN(Cc2ccccc2)C1. The van der Waals surface area contributed by atoms with Crippen molar-refractivity contribution in [2.75, 3.05) is 26.7 Å². The number of hydrogen-bond donors (Lipinski definition) is 0. The fourth-order valence-electron chi connectivity index (χ4n) is 3.36. The van der Waals surface area contributed by atoms with Gasteiger partial charge < -0.3 is 4.90 Å². The number of likely N-dealkylation sites (tertiary alicyclic amines) is 1. The molecule has 0 saturated carbocycles. The summed E-state index contributed by atoms with van der Waals surface area (Å²) in [5, 5.41) is 0. The van der Waals surface area contributed by atoms with E-state index in [2.05, 4.69) is 58.2 Å². The molecule has 0 amide bonds. The molecule has 1 aromatic carbocycles. The molecule has 1 atom stereocenters. The zero-order valence-corrected chi connectivity index (χ0v) is 13.4. The molecule has 3 rings (SSSR count). The minimum Gasteiger partial charge on any atom is -0.302 e. The van der Waals surface area contributed by atoms with Gasteiger partial charge in [-0.2, -0.15) is 0 Å². The first-order valence-electron chi connectivity index (χ1n) is 8.13. The van der Waals surface area contributed by atoms with Crippen molar-refractivity contribution in [3.63, 3.8) is 0 Å². The Labute approximate surface area is 133 Å². The third kappa shape index (κ3) is 4.39. The van der Waals surface area contributed by atoms with E-state index in [4.69, 9.17) is 0 Å². The normalized spacial score (nSPS) is 18.9. The van der Waals surface area contributed by atoms with Crippen LogP contribution in [0.3, 0.4) is 0 Å². The van der Waals surface area contributed by atoms with E-state index < -0.39 is 0 Å². The summed E-state index contributed by atoms with van der Waals surface area (Å²) in [6.07, 6.45) is 5.11. The monoisotopic (exact) mass is 295 g/mol. The molecular formula is C19H25N3. The Morgan fingerprint density at radius 3 is 2.73 bits per heavy atom. The quantitative estimate of drug-likeness (QED) is 0.816. The highest BCUT2D eigenvalue weighted by molar-refractivity contribution is 5.14. The number of aromatic nitrogens is 1. The van der Waals surface area contributed by atoms with Crippen molar-refractivity contribution in [1.29, 1.82) is 0 Å². The van der Waals surface area contributed by atoms with Crippen LogP contribution in [0.25, 0.3) is 0 Å². The Morgan fingerprint density at radius 1 is 1.14 bits per heavy atom. The van der Waals surface area contributed by atoms with Gasteiger partial charge in [0.25, 0.3) is 0 Å². The summed E-state index contributed by atoms with van der Waals surface area (Å²) < 4.78 is 0. The smallest absolute Gasteiger partial charge is 0.0312 e. The first-order valence-corrected chi connectivity index (χ1v) is 8.13. The van der Waals surface area contributed by atoms with E-state index in [-0.39, 0.29) is 0 Å². The first kappa shape index (κ1) is 15.2. The molecular weight excluding hydrogens is 270 g/mol. The van der Waals surface area contributed by atoms with Crippen LogP contribution >= 0.6 is 0 Å². The van der Waals surface area contributed by atoms with Gasteiger partial charge in [0.05, 0.1) is 0 Å². The van der Waals surface area contributed by atoms with Crippen molar-refractivity contribution in [1.82, 2.24) is 14.8 Å². The van der Waals surface area contributed by atoms with Crippen molar-refractivity contribution in [2.24, 2.45) is 5.92 Å². The Balaban J connectivity index is 1.44. The second kappa shape index (κ2) is 7.52. The lowest BCUT2D eigenvalue weighted by Crippen LogP contribution is -2.28. The average molecular weight is 295 g/mol. The Hall–Kier alpha value is -1.71. The lowest BCUT2D eigenvalue weighted by Gasteiger charge is -2.21. The first-order chi connectivity index (χ1) is 10.8. The van der Waals surface area contributed by atoms with Crippen LogP contribution in [-0.2, 0) is 13.1 Å². The summed E-state index contributed by atoms with van der Waals surface area (Å²) in [4.78, 5) is 9.20. The third-order valence-corrected chi connectivity index (χ3v) is 4.36. The molecule has 3 nitrogen and oxygen atoms in total. The van der Waals surface area contributed by atoms with E-state index in [9.17, 15) is 0 Å². The van der Waals surface area contributed by atoms with E-state index in [1.165, 1.54) is 37.2 Å². The third-order valence-electron chi connectivity index (χ3n) is 4.36. The summed E-state index contributed by atoms with van der Waals surface area (Å²) in [7, 11) is 2.22. The highest BCUT2D eigenvalue weighted by Gasteiger charge is 2.23. The molecule has 1 aromatic heterocycles. The molecule has 2 heterocycles. The standard InChI is InChI=1S/C19H25N3/c1-21(13-18-8-5-10-20-12-18)14-19-9-11-22(16-19)15-17-6-3-2-4-7-17/h2-8,10,12,19H,9,11,13-16H2,1H3/t19-/m1/s1. The van der Waals surface area contributed by atoms with Crippen LogP contribution in [0.1, 0.15) is 17.5 Å². The summed E-state index contributed by atoms with van der Waals surface area (Å²) in [6, 6.07) is 15.0. The number of hydrogen-bond acceptors (Lipinski definition) is 3. The molecule has 3 heteroatoms. The van der Waals surface area contributed by atoms with Crippen LogP contribution in [0, 0.1) is 5.92 Å². The molecule has 1 aliphatic heterocycles. The van der Waals surface area contributed by atoms with Crippen LogP contribution in [0.2, 0.25) is 0 Å². The molecule has 116 valence electrons. The van der Waals surface area contributed by atoms with Crippen molar-refractivity contribution in [3.8, 4) is 0 Å². The van der Waals surface area contributed by atoms with Gasteiger partial charge in [-0.3, -0.25) is 9.88 Å². The molecule has 1 aliphatic rings. The molecule has 1 saturated heterocycles. The van der Waals surface area contributed by atoms with Gasteiger partial charge in [0.1, 0.15) is 0 Å². The highest BCUT2D eigenvalue weighted by Crippen LogP contribution is 2.20. The van der Waals surface area contributed by atoms with E-state index in [1.807, 2.05) is 18.5 Å².